The van der Waals surface area contributed by atoms with Gasteiger partial charge in [-0.1, -0.05) is 41.2 Å². The Labute approximate surface area is 171 Å². The topological polar surface area (TPSA) is 106 Å². The van der Waals surface area contributed by atoms with Gasteiger partial charge in [-0.25, -0.2) is 5.43 Å². The van der Waals surface area contributed by atoms with Crippen molar-refractivity contribution in [2.24, 2.45) is 5.10 Å². The van der Waals surface area contributed by atoms with Crippen LogP contribution < -0.4 is 15.5 Å². The predicted molar refractivity (Wildman–Crippen MR) is 111 cm³/mol. The van der Waals surface area contributed by atoms with Gasteiger partial charge in [0.15, 0.2) is 0 Å². The second-order valence-electron chi connectivity index (χ2n) is 6.03. The van der Waals surface area contributed by atoms with Gasteiger partial charge >= 0.3 is 0 Å². The van der Waals surface area contributed by atoms with Crippen molar-refractivity contribution in [1.29, 1.82) is 0 Å². The molecule has 2 N–H and O–H groups in total. The number of nitrogens with one attached hydrogen (secondary N) is 2. The van der Waals surface area contributed by atoms with Crippen LogP contribution in [0.4, 0.5) is 5.13 Å². The molecule has 0 atom stereocenters. The minimum atomic E-state index is -0.344. The van der Waals surface area contributed by atoms with Crippen molar-refractivity contribution in [3.8, 4) is 5.75 Å². The molecule has 3 rings (SSSR count). The number of nitrogens with zero attached hydrogens (tertiary/aromatic N) is 3. The second kappa shape index (κ2) is 9.56. The first-order valence-electron chi connectivity index (χ1n) is 8.70. The molecule has 3 aromatic rings. The van der Waals surface area contributed by atoms with Gasteiger partial charge in [-0.05, 0) is 31.2 Å². The van der Waals surface area contributed by atoms with Crippen LogP contribution in [0.3, 0.4) is 0 Å². The van der Waals surface area contributed by atoms with Crippen LogP contribution in [0.15, 0.2) is 53.6 Å². The first kappa shape index (κ1) is 20.2. The molecule has 0 unspecified atom stereocenters. The molecule has 0 aliphatic heterocycles. The van der Waals surface area contributed by atoms with Gasteiger partial charge in [-0.2, -0.15) is 5.10 Å². The summed E-state index contributed by atoms with van der Waals surface area (Å²) in [5.74, 6) is 0.0332. The molecular weight excluding hydrogens is 390 g/mol. The first-order chi connectivity index (χ1) is 14.0. The average Bonchev–Trinajstić information content (AvgIpc) is 3.15. The van der Waals surface area contributed by atoms with Crippen molar-refractivity contribution in [1.82, 2.24) is 15.6 Å². The van der Waals surface area contributed by atoms with Gasteiger partial charge in [0.1, 0.15) is 10.8 Å². The number of hydrogen-bond acceptors (Lipinski definition) is 7. The zero-order chi connectivity index (χ0) is 20.6. The highest BCUT2D eigenvalue weighted by Gasteiger charge is 2.12. The van der Waals surface area contributed by atoms with E-state index in [4.69, 9.17) is 4.74 Å². The highest BCUT2D eigenvalue weighted by molar-refractivity contribution is 7.15. The molecule has 2 aromatic carbocycles. The van der Waals surface area contributed by atoms with Gasteiger partial charge in [-0.15, -0.1) is 10.2 Å². The fraction of sp³-hybridized carbons (Fsp3) is 0.150. The normalized spacial score (nSPS) is 10.7. The van der Waals surface area contributed by atoms with Crippen LogP contribution in [-0.2, 0) is 11.2 Å². The number of anilines is 1. The number of rotatable bonds is 7. The lowest BCUT2D eigenvalue weighted by molar-refractivity contribution is -0.120. The molecule has 0 fully saturated rings. The van der Waals surface area contributed by atoms with E-state index in [2.05, 4.69) is 26.0 Å². The van der Waals surface area contributed by atoms with Gasteiger partial charge in [0.05, 0.1) is 19.7 Å². The number of hydrazone groups is 1. The van der Waals surface area contributed by atoms with E-state index in [0.717, 1.165) is 22.5 Å². The lowest BCUT2D eigenvalue weighted by Gasteiger charge is -2.02. The number of carbonyl (C=O) groups is 2. The van der Waals surface area contributed by atoms with Gasteiger partial charge < -0.3 is 4.74 Å². The van der Waals surface area contributed by atoms with E-state index in [1.54, 1.807) is 25.3 Å². The maximum Gasteiger partial charge on any atom is 0.257 e. The highest BCUT2D eigenvalue weighted by Crippen LogP contribution is 2.17. The van der Waals surface area contributed by atoms with Crippen LogP contribution in [0.1, 0.15) is 26.5 Å². The third-order valence-electron chi connectivity index (χ3n) is 3.84. The Morgan fingerprint density at radius 2 is 1.90 bits per heavy atom. The van der Waals surface area contributed by atoms with E-state index in [0.29, 0.717) is 21.5 Å². The Hall–Kier alpha value is -3.59. The first-order valence-corrected chi connectivity index (χ1v) is 9.52. The highest BCUT2D eigenvalue weighted by atomic mass is 32.1. The number of carbonyl (C=O) groups excluding carboxylic acids is 2. The van der Waals surface area contributed by atoms with E-state index in [9.17, 15) is 9.59 Å². The number of ether oxygens (including phenoxy) is 1. The predicted octanol–water partition coefficient (Wildman–Crippen LogP) is 2.80. The van der Waals surface area contributed by atoms with Crippen LogP contribution in [0.2, 0.25) is 0 Å². The van der Waals surface area contributed by atoms with Crippen molar-refractivity contribution in [3.05, 3.63) is 70.2 Å². The van der Waals surface area contributed by atoms with Crippen LogP contribution in [0.5, 0.6) is 5.75 Å². The molecule has 0 spiro atoms. The smallest absolute Gasteiger partial charge is 0.257 e. The summed E-state index contributed by atoms with van der Waals surface area (Å²) < 4.78 is 5.22. The molecule has 0 saturated carbocycles. The molecule has 8 nitrogen and oxygen atoms in total. The van der Waals surface area contributed by atoms with Gasteiger partial charge in [0, 0.05) is 11.1 Å². The Bertz CT molecular complexity index is 1030. The standard InChI is InChI=1S/C20H19N5O3S/c1-13-7-9-14(10-8-13)19(27)22-20-25-24-18(29-20)11-17(26)23-21-12-15-5-3-4-6-16(15)28-2/h3-10,12H,11H2,1-2H3,(H,23,26)(H,22,25,27)/b21-12-. The fourth-order valence-corrected chi connectivity index (χ4v) is 3.11. The Balaban J connectivity index is 1.53. The molecule has 1 aromatic heterocycles. The molecule has 29 heavy (non-hydrogen) atoms. The molecule has 9 heteroatoms. The second-order valence-corrected chi connectivity index (χ2v) is 7.10. The molecule has 2 amide bonds. The minimum absolute atomic E-state index is 0.00132. The number of para-hydroxylation sites is 1. The van der Waals surface area contributed by atoms with Crippen molar-refractivity contribution < 1.29 is 14.3 Å². The van der Waals surface area contributed by atoms with Crippen LogP contribution in [0, 0.1) is 6.92 Å². The quantitative estimate of drug-likeness (QED) is 0.461. The van der Waals surface area contributed by atoms with Crippen LogP contribution >= 0.6 is 11.3 Å². The molecular formula is C20H19N5O3S. The lowest BCUT2D eigenvalue weighted by Crippen LogP contribution is -2.19. The number of methoxy groups -OCH3 is 1. The fourth-order valence-electron chi connectivity index (χ4n) is 2.37. The van der Waals surface area contributed by atoms with Crippen LogP contribution in [0.25, 0.3) is 0 Å². The zero-order valence-electron chi connectivity index (χ0n) is 15.9. The molecule has 0 aliphatic carbocycles. The SMILES string of the molecule is COc1ccccc1/C=N\NC(=O)Cc1nnc(NC(=O)c2ccc(C)cc2)s1. The summed E-state index contributed by atoms with van der Waals surface area (Å²) in [7, 11) is 1.57. The van der Waals surface area contributed by atoms with Gasteiger partial charge in [-0.3, -0.25) is 14.9 Å². The third kappa shape index (κ3) is 5.69. The summed E-state index contributed by atoms with van der Waals surface area (Å²) in [6, 6.07) is 14.5. The van der Waals surface area contributed by atoms with Crippen molar-refractivity contribution in [2.75, 3.05) is 12.4 Å². The number of amides is 2. The minimum Gasteiger partial charge on any atom is -0.496 e. The summed E-state index contributed by atoms with van der Waals surface area (Å²) in [4.78, 5) is 24.2. The number of hydrogen-bond donors (Lipinski definition) is 2. The van der Waals surface area contributed by atoms with Gasteiger partial charge in [0.2, 0.25) is 11.0 Å². The average molecular weight is 409 g/mol. The third-order valence-corrected chi connectivity index (χ3v) is 4.68. The Morgan fingerprint density at radius 1 is 1.14 bits per heavy atom. The van der Waals surface area contributed by atoms with E-state index in [1.807, 2.05) is 37.3 Å². The largest absolute Gasteiger partial charge is 0.496 e. The van der Waals surface area contributed by atoms with Crippen molar-refractivity contribution in [2.45, 2.75) is 13.3 Å². The van der Waals surface area contributed by atoms with Gasteiger partial charge in [0.25, 0.3) is 5.91 Å². The summed E-state index contributed by atoms with van der Waals surface area (Å²) >= 11 is 1.14. The molecule has 1 heterocycles. The maximum atomic E-state index is 12.2. The number of aromatic nitrogens is 2. The zero-order valence-corrected chi connectivity index (χ0v) is 16.7. The van der Waals surface area contributed by atoms with E-state index >= 15 is 0 Å². The van der Waals surface area contributed by atoms with E-state index in [1.165, 1.54) is 6.21 Å². The summed E-state index contributed by atoms with van der Waals surface area (Å²) in [6.45, 7) is 1.95. The molecule has 148 valence electrons. The molecule has 0 bridgehead atoms. The lowest BCUT2D eigenvalue weighted by atomic mass is 10.1. The molecule has 0 aliphatic rings. The number of benzene rings is 2. The Morgan fingerprint density at radius 3 is 2.66 bits per heavy atom. The Kier molecular flexibility index (Phi) is 6.64. The summed E-state index contributed by atoms with van der Waals surface area (Å²) in [5, 5.41) is 15.2. The van der Waals surface area contributed by atoms with E-state index < -0.39 is 0 Å². The molecule has 0 saturated heterocycles. The van der Waals surface area contributed by atoms with E-state index in [-0.39, 0.29) is 18.2 Å². The molecule has 0 radical (unpaired) electrons. The maximum absolute atomic E-state index is 12.2. The van der Waals surface area contributed by atoms with Crippen molar-refractivity contribution in [3.63, 3.8) is 0 Å². The monoisotopic (exact) mass is 409 g/mol. The van der Waals surface area contributed by atoms with Crippen LogP contribution in [-0.4, -0.2) is 35.3 Å². The summed E-state index contributed by atoms with van der Waals surface area (Å²) in [6.07, 6.45) is 1.51. The number of aryl methyl sites for hydroxylation is 1. The van der Waals surface area contributed by atoms with Crippen molar-refractivity contribution >= 4 is 34.5 Å². The summed E-state index contributed by atoms with van der Waals surface area (Å²) in [5.41, 5.74) is 4.77.